The van der Waals surface area contributed by atoms with Crippen LogP contribution in [0, 0.1) is 5.92 Å². The highest BCUT2D eigenvalue weighted by Crippen LogP contribution is 2.62. The van der Waals surface area contributed by atoms with Gasteiger partial charge in [0, 0.05) is 38.2 Å². The summed E-state index contributed by atoms with van der Waals surface area (Å²) in [5.74, 6) is -0.685. The van der Waals surface area contributed by atoms with Crippen LogP contribution in [0.15, 0.2) is 0 Å². The van der Waals surface area contributed by atoms with Crippen LogP contribution in [0.1, 0.15) is 70.6 Å². The lowest BCUT2D eigenvalue weighted by molar-refractivity contribution is -0.244. The largest absolute Gasteiger partial charge is 0.396 e. The van der Waals surface area contributed by atoms with Crippen LogP contribution in [-0.4, -0.2) is 59.9 Å². The normalized spacial score (nSPS) is 49.9. The molecule has 1 N–H and O–H groups in total. The summed E-state index contributed by atoms with van der Waals surface area (Å²) in [5, 5.41) is 9.77. The van der Waals surface area contributed by atoms with Crippen molar-refractivity contribution in [2.75, 3.05) is 13.2 Å². The number of fused-ring (bicyclic) bond motifs is 2. The van der Waals surface area contributed by atoms with Crippen molar-refractivity contribution in [1.82, 2.24) is 0 Å². The molecule has 6 rings (SSSR count). The van der Waals surface area contributed by atoms with E-state index in [0.29, 0.717) is 6.61 Å². The molecule has 0 amide bonds. The van der Waals surface area contributed by atoms with Gasteiger partial charge in [0.05, 0.1) is 6.61 Å². The first-order valence-electron chi connectivity index (χ1n) is 11.1. The van der Waals surface area contributed by atoms with Gasteiger partial charge in [-0.15, -0.1) is 0 Å². The van der Waals surface area contributed by atoms with Crippen LogP contribution in [0.2, 0.25) is 0 Å². The fourth-order valence-electron chi connectivity index (χ4n) is 6.38. The second-order valence-electron chi connectivity index (χ2n) is 9.65. The summed E-state index contributed by atoms with van der Waals surface area (Å²) in [6, 6.07) is 0. The Morgan fingerprint density at radius 1 is 0.741 bits per heavy atom. The van der Waals surface area contributed by atoms with Gasteiger partial charge in [0.2, 0.25) is 0 Å². The van der Waals surface area contributed by atoms with Crippen molar-refractivity contribution in [2.45, 2.75) is 112 Å². The quantitative estimate of drug-likeness (QED) is 0.795. The van der Waals surface area contributed by atoms with Crippen LogP contribution < -0.4 is 0 Å². The van der Waals surface area contributed by atoms with E-state index in [1.807, 2.05) is 0 Å². The fourth-order valence-corrected chi connectivity index (χ4v) is 6.38. The van der Waals surface area contributed by atoms with Gasteiger partial charge in [-0.25, -0.2) is 0 Å². The topological polar surface area (TPSA) is 66.4 Å². The molecule has 6 heteroatoms. The summed E-state index contributed by atoms with van der Waals surface area (Å²) in [6.45, 7) is 0.725. The molecule has 27 heavy (non-hydrogen) atoms. The molecule has 3 saturated carbocycles. The van der Waals surface area contributed by atoms with Gasteiger partial charge in [-0.2, -0.15) is 0 Å². The lowest BCUT2D eigenvalue weighted by atomic mass is 9.94. The summed E-state index contributed by atoms with van der Waals surface area (Å²) >= 11 is 0. The monoisotopic (exact) mass is 380 g/mol. The van der Waals surface area contributed by atoms with Crippen molar-refractivity contribution in [3.8, 4) is 0 Å². The van der Waals surface area contributed by atoms with Gasteiger partial charge in [0.1, 0.15) is 30.0 Å². The van der Waals surface area contributed by atoms with Gasteiger partial charge in [-0.1, -0.05) is 12.8 Å². The van der Waals surface area contributed by atoms with Gasteiger partial charge in [-0.05, 0) is 32.1 Å². The van der Waals surface area contributed by atoms with Gasteiger partial charge in [0.25, 0.3) is 0 Å². The molecule has 0 bridgehead atoms. The minimum absolute atomic E-state index is 0.0794. The maximum Gasteiger partial charge on any atom is 0.169 e. The standard InChI is InChI=1S/C21H32O6/c22-12-14-11-21(14)18-17(25-20(27-18)9-5-2-6-10-20)16(26-21)15-13-23-19(24-15)7-3-1-4-8-19/h14-18,22H,1-13H2/t14?,15-,16?,17?,18?,21?/m0/s1. The summed E-state index contributed by atoms with van der Waals surface area (Å²) in [5.41, 5.74) is -0.378. The number of aliphatic hydroxyl groups excluding tert-OH is 1. The van der Waals surface area contributed by atoms with E-state index in [-0.39, 0.29) is 42.5 Å². The van der Waals surface area contributed by atoms with Crippen LogP contribution >= 0.6 is 0 Å². The molecular weight excluding hydrogens is 348 g/mol. The SMILES string of the molecule is OCC1CC12OC([C@@H]1COC3(CCCCC3)O1)C1OC3(CCCCC3)OC12. The molecule has 0 aromatic heterocycles. The third-order valence-corrected chi connectivity index (χ3v) is 7.94. The van der Waals surface area contributed by atoms with Crippen molar-refractivity contribution in [2.24, 2.45) is 5.92 Å². The molecule has 3 aliphatic carbocycles. The Kier molecular flexibility index (Phi) is 4.00. The first-order valence-corrected chi connectivity index (χ1v) is 11.1. The summed E-state index contributed by atoms with van der Waals surface area (Å²) in [6.07, 6.45) is 11.5. The maximum atomic E-state index is 9.77. The molecule has 6 nitrogen and oxygen atoms in total. The number of rotatable bonds is 2. The van der Waals surface area contributed by atoms with Crippen molar-refractivity contribution in [1.29, 1.82) is 0 Å². The van der Waals surface area contributed by atoms with E-state index in [0.717, 1.165) is 44.9 Å². The van der Waals surface area contributed by atoms with Crippen molar-refractivity contribution >= 4 is 0 Å². The van der Waals surface area contributed by atoms with Gasteiger partial charge in [0.15, 0.2) is 11.6 Å². The van der Waals surface area contributed by atoms with Crippen molar-refractivity contribution in [3.05, 3.63) is 0 Å². The van der Waals surface area contributed by atoms with E-state index < -0.39 is 11.6 Å². The van der Waals surface area contributed by atoms with Crippen LogP contribution in [0.4, 0.5) is 0 Å². The predicted molar refractivity (Wildman–Crippen MR) is 95.0 cm³/mol. The number of hydrogen-bond acceptors (Lipinski definition) is 6. The summed E-state index contributed by atoms with van der Waals surface area (Å²) < 4.78 is 32.5. The zero-order valence-corrected chi connectivity index (χ0v) is 16.1. The lowest BCUT2D eigenvalue weighted by Gasteiger charge is -2.35. The first kappa shape index (κ1) is 17.6. The number of hydrogen-bond donors (Lipinski definition) is 1. The summed E-state index contributed by atoms with van der Waals surface area (Å²) in [4.78, 5) is 0. The predicted octanol–water partition coefficient (Wildman–Crippen LogP) is 2.66. The molecule has 3 spiro atoms. The minimum atomic E-state index is -0.437. The molecular formula is C21H32O6. The molecule has 0 radical (unpaired) electrons. The van der Waals surface area contributed by atoms with E-state index in [9.17, 15) is 5.11 Å². The Balaban J connectivity index is 1.25. The van der Waals surface area contributed by atoms with E-state index in [2.05, 4.69) is 0 Å². The van der Waals surface area contributed by atoms with E-state index in [4.69, 9.17) is 23.7 Å². The maximum absolute atomic E-state index is 9.77. The van der Waals surface area contributed by atoms with E-state index in [1.54, 1.807) is 0 Å². The molecule has 3 aliphatic heterocycles. The Morgan fingerprint density at radius 2 is 1.44 bits per heavy atom. The Hall–Kier alpha value is -0.240. The van der Waals surface area contributed by atoms with Crippen molar-refractivity contribution < 1.29 is 28.8 Å². The highest BCUT2D eigenvalue weighted by atomic mass is 16.8. The number of aliphatic hydroxyl groups is 1. The van der Waals surface area contributed by atoms with E-state index >= 15 is 0 Å². The Bertz CT molecular complexity index is 583. The molecule has 5 unspecified atom stereocenters. The van der Waals surface area contributed by atoms with Gasteiger partial charge in [-0.3, -0.25) is 0 Å². The average molecular weight is 380 g/mol. The zero-order chi connectivity index (χ0) is 18.1. The zero-order valence-electron chi connectivity index (χ0n) is 16.1. The molecule has 0 aromatic carbocycles. The third-order valence-electron chi connectivity index (χ3n) is 7.94. The molecule has 3 heterocycles. The molecule has 6 fully saturated rings. The van der Waals surface area contributed by atoms with Crippen LogP contribution in [0.25, 0.3) is 0 Å². The third kappa shape index (κ3) is 2.60. The average Bonchev–Trinajstić information content (AvgIpc) is 2.92. The van der Waals surface area contributed by atoms with Gasteiger partial charge < -0.3 is 28.8 Å². The van der Waals surface area contributed by atoms with Crippen molar-refractivity contribution in [3.63, 3.8) is 0 Å². The molecule has 6 aliphatic rings. The van der Waals surface area contributed by atoms with Crippen LogP contribution in [-0.2, 0) is 23.7 Å². The second kappa shape index (κ2) is 6.13. The smallest absolute Gasteiger partial charge is 0.169 e. The minimum Gasteiger partial charge on any atom is -0.396 e. The molecule has 6 atom stereocenters. The lowest BCUT2D eigenvalue weighted by Crippen LogP contribution is -2.43. The van der Waals surface area contributed by atoms with Crippen LogP contribution in [0.3, 0.4) is 0 Å². The Morgan fingerprint density at radius 3 is 2.11 bits per heavy atom. The summed E-state index contributed by atoms with van der Waals surface area (Å²) in [7, 11) is 0. The Labute approximate surface area is 160 Å². The molecule has 152 valence electrons. The highest BCUT2D eigenvalue weighted by molar-refractivity contribution is 5.21. The molecule has 0 aromatic rings. The highest BCUT2D eigenvalue weighted by Gasteiger charge is 2.75. The number of ether oxygens (including phenoxy) is 5. The first-order chi connectivity index (χ1) is 13.2. The van der Waals surface area contributed by atoms with Gasteiger partial charge >= 0.3 is 0 Å². The van der Waals surface area contributed by atoms with Crippen LogP contribution in [0.5, 0.6) is 0 Å². The van der Waals surface area contributed by atoms with E-state index in [1.165, 1.54) is 25.7 Å². The molecule has 3 saturated heterocycles. The second-order valence-corrected chi connectivity index (χ2v) is 9.65. The fraction of sp³-hybridized carbons (Fsp3) is 1.00.